The van der Waals surface area contributed by atoms with Crippen molar-refractivity contribution in [3.8, 4) is 0 Å². The van der Waals surface area contributed by atoms with Crippen LogP contribution in [0.2, 0.25) is 0 Å². The van der Waals surface area contributed by atoms with Crippen molar-refractivity contribution in [3.63, 3.8) is 0 Å². The molecule has 1 aromatic carbocycles. The molecule has 1 fully saturated rings. The topological polar surface area (TPSA) is 69.6 Å². The van der Waals surface area contributed by atoms with E-state index in [-0.39, 0.29) is 12.5 Å². The summed E-state index contributed by atoms with van der Waals surface area (Å²) < 4.78 is 0. The zero-order valence-corrected chi connectivity index (χ0v) is 12.8. The largest absolute Gasteiger partial charge is 0.387 e. The van der Waals surface area contributed by atoms with E-state index in [4.69, 9.17) is 0 Å². The average molecular weight is 316 g/mol. The molecule has 2 heterocycles. The van der Waals surface area contributed by atoms with Gasteiger partial charge in [0, 0.05) is 0 Å². The van der Waals surface area contributed by atoms with Crippen LogP contribution in [-0.2, 0) is 10.3 Å². The van der Waals surface area contributed by atoms with Crippen molar-refractivity contribution in [1.82, 2.24) is 10.2 Å². The molecular weight excluding hydrogens is 300 g/mol. The molecule has 0 bridgehead atoms. The molecule has 0 saturated carbocycles. The van der Waals surface area contributed by atoms with E-state index in [1.165, 1.54) is 11.3 Å². The number of carbonyl (C=O) groups excluding carboxylic acids is 2. The predicted molar refractivity (Wildman–Crippen MR) is 83.3 cm³/mol. The molecule has 2 aromatic rings. The number of amides is 3. The number of β-amino-alcohol motifs (C(OH)–C–C–N with tert-alkyl or cyclic N) is 1. The standard InChI is InChI=1S/C16H16N2O3S/c1-16(12-7-8-22-10-12)14(20)18(15(21)17-16)9-13(19)11-5-3-2-4-6-11/h2-8,10,13,19H,9H2,1H3,(H,17,21)/t13-,16-/m1/s1. The summed E-state index contributed by atoms with van der Waals surface area (Å²) in [5, 5.41) is 16.7. The van der Waals surface area contributed by atoms with Crippen molar-refractivity contribution in [2.75, 3.05) is 6.54 Å². The third kappa shape index (κ3) is 2.40. The van der Waals surface area contributed by atoms with Gasteiger partial charge in [0.15, 0.2) is 0 Å². The fourth-order valence-electron chi connectivity index (χ4n) is 2.56. The van der Waals surface area contributed by atoms with Crippen molar-refractivity contribution in [2.45, 2.75) is 18.6 Å². The molecule has 1 aliphatic heterocycles. The minimum absolute atomic E-state index is 0.0611. The Bertz CT molecular complexity index is 687. The van der Waals surface area contributed by atoms with E-state index in [0.717, 1.165) is 10.5 Å². The second kappa shape index (κ2) is 5.55. The number of thiophene rings is 1. The number of urea groups is 1. The van der Waals surface area contributed by atoms with Crippen molar-refractivity contribution in [2.24, 2.45) is 0 Å². The van der Waals surface area contributed by atoms with Crippen molar-refractivity contribution in [3.05, 3.63) is 58.3 Å². The highest BCUT2D eigenvalue weighted by Gasteiger charge is 2.49. The Hall–Kier alpha value is -2.18. The lowest BCUT2D eigenvalue weighted by Crippen LogP contribution is -2.41. The van der Waals surface area contributed by atoms with E-state index in [1.807, 2.05) is 22.9 Å². The van der Waals surface area contributed by atoms with Gasteiger partial charge < -0.3 is 10.4 Å². The molecule has 114 valence electrons. The SMILES string of the molecule is C[C@]1(c2ccsc2)NC(=O)N(C[C@@H](O)c2ccccc2)C1=O. The molecule has 0 unspecified atom stereocenters. The fraction of sp³-hybridized carbons (Fsp3) is 0.250. The van der Waals surface area contributed by atoms with Crippen LogP contribution in [0.3, 0.4) is 0 Å². The minimum Gasteiger partial charge on any atom is -0.387 e. The highest BCUT2D eigenvalue weighted by Crippen LogP contribution is 2.31. The highest BCUT2D eigenvalue weighted by atomic mass is 32.1. The Morgan fingerprint density at radius 2 is 2.00 bits per heavy atom. The lowest BCUT2D eigenvalue weighted by atomic mass is 9.95. The van der Waals surface area contributed by atoms with Crippen molar-refractivity contribution < 1.29 is 14.7 Å². The molecular formula is C16H16N2O3S. The Balaban J connectivity index is 1.81. The molecule has 6 heteroatoms. The Labute approximate surface area is 132 Å². The normalized spacial score (nSPS) is 22.7. The molecule has 1 aromatic heterocycles. The Morgan fingerprint density at radius 3 is 2.64 bits per heavy atom. The van der Waals surface area contributed by atoms with Gasteiger partial charge in [0.05, 0.1) is 12.6 Å². The van der Waals surface area contributed by atoms with Crippen LogP contribution in [0, 0.1) is 0 Å². The quantitative estimate of drug-likeness (QED) is 0.850. The second-order valence-electron chi connectivity index (χ2n) is 5.41. The van der Waals surface area contributed by atoms with Gasteiger partial charge in [0.25, 0.3) is 5.91 Å². The summed E-state index contributed by atoms with van der Waals surface area (Å²) in [5.41, 5.74) is 0.368. The van der Waals surface area contributed by atoms with Gasteiger partial charge >= 0.3 is 6.03 Å². The number of aliphatic hydroxyl groups excluding tert-OH is 1. The number of benzene rings is 1. The number of imide groups is 1. The summed E-state index contributed by atoms with van der Waals surface area (Å²) in [5.74, 6) is -0.342. The van der Waals surface area contributed by atoms with Gasteiger partial charge in [-0.15, -0.1) is 0 Å². The monoisotopic (exact) mass is 316 g/mol. The first-order chi connectivity index (χ1) is 10.5. The van der Waals surface area contributed by atoms with Gasteiger partial charge in [-0.2, -0.15) is 11.3 Å². The number of nitrogens with one attached hydrogen (secondary N) is 1. The molecule has 3 rings (SSSR count). The number of aliphatic hydroxyl groups is 1. The lowest BCUT2D eigenvalue weighted by molar-refractivity contribution is -0.132. The molecule has 22 heavy (non-hydrogen) atoms. The van der Waals surface area contributed by atoms with Gasteiger partial charge in [-0.3, -0.25) is 9.69 Å². The maximum absolute atomic E-state index is 12.6. The lowest BCUT2D eigenvalue weighted by Gasteiger charge is -2.22. The average Bonchev–Trinajstić information content (AvgIpc) is 3.13. The van der Waals surface area contributed by atoms with E-state index in [9.17, 15) is 14.7 Å². The van der Waals surface area contributed by atoms with Crippen LogP contribution < -0.4 is 5.32 Å². The predicted octanol–water partition coefficient (Wildman–Crippen LogP) is 2.25. The maximum atomic E-state index is 12.6. The minimum atomic E-state index is -1.06. The van der Waals surface area contributed by atoms with Gasteiger partial charge in [0.1, 0.15) is 5.54 Å². The zero-order chi connectivity index (χ0) is 15.7. The summed E-state index contributed by atoms with van der Waals surface area (Å²) in [7, 11) is 0. The number of hydrogen-bond donors (Lipinski definition) is 2. The van der Waals surface area contributed by atoms with Crippen LogP contribution in [0.5, 0.6) is 0 Å². The highest BCUT2D eigenvalue weighted by molar-refractivity contribution is 7.08. The smallest absolute Gasteiger partial charge is 0.325 e. The molecule has 0 aliphatic carbocycles. The van der Waals surface area contributed by atoms with E-state index in [2.05, 4.69) is 5.32 Å². The molecule has 2 N–H and O–H groups in total. The van der Waals surface area contributed by atoms with E-state index >= 15 is 0 Å². The van der Waals surface area contributed by atoms with Gasteiger partial charge in [-0.05, 0) is 34.9 Å². The van der Waals surface area contributed by atoms with E-state index in [0.29, 0.717) is 5.56 Å². The Kier molecular flexibility index (Phi) is 3.72. The first kappa shape index (κ1) is 14.7. The van der Waals surface area contributed by atoms with Gasteiger partial charge in [-0.25, -0.2) is 4.79 Å². The molecule has 5 nitrogen and oxygen atoms in total. The van der Waals surface area contributed by atoms with Crippen LogP contribution >= 0.6 is 11.3 Å². The van der Waals surface area contributed by atoms with Crippen LogP contribution in [0.15, 0.2) is 47.2 Å². The summed E-state index contributed by atoms with van der Waals surface area (Å²) in [6, 6.07) is 10.3. The number of nitrogens with zero attached hydrogens (tertiary/aromatic N) is 1. The van der Waals surface area contributed by atoms with E-state index in [1.54, 1.807) is 31.2 Å². The molecule has 1 aliphatic rings. The van der Waals surface area contributed by atoms with Crippen LogP contribution in [-0.4, -0.2) is 28.5 Å². The Morgan fingerprint density at radius 1 is 1.27 bits per heavy atom. The molecule has 3 amide bonds. The number of carbonyl (C=O) groups is 2. The summed E-state index contributed by atoms with van der Waals surface area (Å²) >= 11 is 1.47. The molecule has 2 atom stereocenters. The summed E-state index contributed by atoms with van der Waals surface area (Å²) in [4.78, 5) is 25.9. The van der Waals surface area contributed by atoms with Crippen LogP contribution in [0.25, 0.3) is 0 Å². The molecule has 0 spiro atoms. The zero-order valence-electron chi connectivity index (χ0n) is 12.0. The first-order valence-corrected chi connectivity index (χ1v) is 7.86. The number of hydrogen-bond acceptors (Lipinski definition) is 4. The summed E-state index contributed by atoms with van der Waals surface area (Å²) in [6.07, 6.45) is -0.902. The van der Waals surface area contributed by atoms with Gasteiger partial charge in [-0.1, -0.05) is 30.3 Å². The van der Waals surface area contributed by atoms with E-state index < -0.39 is 17.7 Å². The third-order valence-electron chi connectivity index (χ3n) is 3.91. The van der Waals surface area contributed by atoms with Crippen molar-refractivity contribution >= 4 is 23.3 Å². The summed E-state index contributed by atoms with van der Waals surface area (Å²) in [6.45, 7) is 1.62. The number of rotatable bonds is 4. The molecule has 0 radical (unpaired) electrons. The van der Waals surface area contributed by atoms with Crippen LogP contribution in [0.1, 0.15) is 24.2 Å². The van der Waals surface area contributed by atoms with Crippen LogP contribution in [0.4, 0.5) is 4.79 Å². The third-order valence-corrected chi connectivity index (χ3v) is 4.60. The van der Waals surface area contributed by atoms with Crippen molar-refractivity contribution in [1.29, 1.82) is 0 Å². The fourth-order valence-corrected chi connectivity index (χ4v) is 3.33. The van der Waals surface area contributed by atoms with Gasteiger partial charge in [0.2, 0.25) is 0 Å². The first-order valence-electron chi connectivity index (χ1n) is 6.92. The maximum Gasteiger partial charge on any atom is 0.325 e. The molecule has 1 saturated heterocycles. The second-order valence-corrected chi connectivity index (χ2v) is 6.19.